The van der Waals surface area contributed by atoms with Gasteiger partial charge in [-0.3, -0.25) is 9.10 Å². The van der Waals surface area contributed by atoms with Crippen LogP contribution >= 0.6 is 23.2 Å². The van der Waals surface area contributed by atoms with Crippen LogP contribution in [-0.2, 0) is 14.8 Å². The van der Waals surface area contributed by atoms with Gasteiger partial charge in [-0.25, -0.2) is 8.42 Å². The van der Waals surface area contributed by atoms with Gasteiger partial charge in [0.2, 0.25) is 15.9 Å². The van der Waals surface area contributed by atoms with Crippen LogP contribution in [0.4, 0.5) is 5.69 Å². The maximum atomic E-state index is 12.7. The molecular formula is C17H26Cl2N2O3S. The first kappa shape index (κ1) is 22.1. The number of nitrogens with one attached hydrogen (secondary N) is 1. The van der Waals surface area contributed by atoms with Gasteiger partial charge in [0, 0.05) is 16.1 Å². The van der Waals surface area contributed by atoms with Crippen LogP contribution in [0.5, 0.6) is 0 Å². The van der Waals surface area contributed by atoms with E-state index in [0.717, 1.165) is 10.6 Å². The Bertz CT molecular complexity index is 692. The number of rotatable bonds is 7. The van der Waals surface area contributed by atoms with Crippen molar-refractivity contribution in [3.63, 3.8) is 0 Å². The third-order valence-electron chi connectivity index (χ3n) is 3.94. The average Bonchev–Trinajstić information content (AvgIpc) is 2.40. The van der Waals surface area contributed by atoms with Gasteiger partial charge in [0.05, 0.1) is 11.9 Å². The Morgan fingerprint density at radius 3 is 1.80 bits per heavy atom. The lowest BCUT2D eigenvalue weighted by Gasteiger charge is -2.32. The first-order valence-corrected chi connectivity index (χ1v) is 10.7. The first-order chi connectivity index (χ1) is 11.3. The summed E-state index contributed by atoms with van der Waals surface area (Å²) in [5.41, 5.74) is 0.258. The topological polar surface area (TPSA) is 66.5 Å². The van der Waals surface area contributed by atoms with Gasteiger partial charge >= 0.3 is 0 Å². The number of benzene rings is 1. The molecule has 1 aromatic rings. The van der Waals surface area contributed by atoms with Crippen LogP contribution in [-0.4, -0.2) is 32.7 Å². The fourth-order valence-corrected chi connectivity index (χ4v) is 4.54. The molecule has 0 aliphatic rings. The number of hydrogen-bond acceptors (Lipinski definition) is 3. The summed E-state index contributed by atoms with van der Waals surface area (Å²) in [5, 5.41) is 3.55. The standard InChI is InChI=1S/C17H26Cl2N2O3S/c1-10(2)16(11(3)4)20-17(22)12(5)21(25(6,23)24)15-8-13(18)7-14(19)9-15/h7-12,16H,1-6H3,(H,20,22). The second kappa shape index (κ2) is 8.60. The Morgan fingerprint density at radius 2 is 1.44 bits per heavy atom. The molecule has 0 fully saturated rings. The van der Waals surface area contributed by atoms with E-state index in [4.69, 9.17) is 23.2 Å². The third-order valence-corrected chi connectivity index (χ3v) is 5.61. The van der Waals surface area contributed by atoms with E-state index in [1.165, 1.54) is 18.2 Å². The van der Waals surface area contributed by atoms with Crippen molar-refractivity contribution in [2.45, 2.75) is 46.7 Å². The van der Waals surface area contributed by atoms with E-state index in [0.29, 0.717) is 10.0 Å². The SMILES string of the molecule is CC(C)C(NC(=O)C(C)N(c1cc(Cl)cc(Cl)c1)S(C)(=O)=O)C(C)C. The molecule has 1 aromatic carbocycles. The Kier molecular flexibility index (Phi) is 7.59. The Balaban J connectivity index is 3.22. The highest BCUT2D eigenvalue weighted by Crippen LogP contribution is 2.28. The van der Waals surface area contributed by atoms with Gasteiger partial charge in [-0.2, -0.15) is 0 Å². The summed E-state index contributed by atoms with van der Waals surface area (Å²) in [4.78, 5) is 12.7. The van der Waals surface area contributed by atoms with Crippen molar-refractivity contribution in [3.05, 3.63) is 28.2 Å². The molecule has 0 aromatic heterocycles. The molecule has 0 saturated heterocycles. The fourth-order valence-electron chi connectivity index (χ4n) is 2.86. The molecule has 0 radical (unpaired) electrons. The number of carbonyl (C=O) groups is 1. The summed E-state index contributed by atoms with van der Waals surface area (Å²) >= 11 is 12.0. The molecule has 25 heavy (non-hydrogen) atoms. The lowest BCUT2D eigenvalue weighted by molar-refractivity contribution is -0.123. The summed E-state index contributed by atoms with van der Waals surface area (Å²) < 4.78 is 25.7. The van der Waals surface area contributed by atoms with E-state index >= 15 is 0 Å². The second-order valence-electron chi connectivity index (χ2n) is 6.88. The molecule has 0 aliphatic heterocycles. The van der Waals surface area contributed by atoms with Gasteiger partial charge in [-0.1, -0.05) is 50.9 Å². The fraction of sp³-hybridized carbons (Fsp3) is 0.588. The maximum Gasteiger partial charge on any atom is 0.243 e. The highest BCUT2D eigenvalue weighted by atomic mass is 35.5. The maximum absolute atomic E-state index is 12.7. The molecule has 1 rings (SSSR count). The van der Waals surface area contributed by atoms with Crippen molar-refractivity contribution in [3.8, 4) is 0 Å². The molecule has 1 unspecified atom stereocenters. The molecule has 8 heteroatoms. The molecule has 0 saturated carbocycles. The number of sulfonamides is 1. The quantitative estimate of drug-likeness (QED) is 0.742. The van der Waals surface area contributed by atoms with Gasteiger partial charge in [0.25, 0.3) is 0 Å². The molecule has 5 nitrogen and oxygen atoms in total. The van der Waals surface area contributed by atoms with Crippen molar-refractivity contribution in [1.82, 2.24) is 5.32 Å². The molecule has 142 valence electrons. The highest BCUT2D eigenvalue weighted by Gasteiger charge is 2.31. The Labute approximate surface area is 160 Å². The van der Waals surface area contributed by atoms with Crippen LogP contribution in [0.15, 0.2) is 18.2 Å². The smallest absolute Gasteiger partial charge is 0.243 e. The average molecular weight is 409 g/mol. The van der Waals surface area contributed by atoms with Crippen molar-refractivity contribution < 1.29 is 13.2 Å². The van der Waals surface area contributed by atoms with E-state index in [9.17, 15) is 13.2 Å². The second-order valence-corrected chi connectivity index (χ2v) is 9.62. The van der Waals surface area contributed by atoms with Gasteiger partial charge in [-0.15, -0.1) is 0 Å². The van der Waals surface area contributed by atoms with E-state index < -0.39 is 16.1 Å². The third kappa shape index (κ3) is 6.04. The number of halogens is 2. The van der Waals surface area contributed by atoms with E-state index in [1.54, 1.807) is 6.92 Å². The van der Waals surface area contributed by atoms with Crippen molar-refractivity contribution in [2.75, 3.05) is 10.6 Å². The number of nitrogens with zero attached hydrogens (tertiary/aromatic N) is 1. The minimum absolute atomic E-state index is 0.0562. The largest absolute Gasteiger partial charge is 0.351 e. The summed E-state index contributed by atoms with van der Waals surface area (Å²) in [6.07, 6.45) is 1.05. The minimum Gasteiger partial charge on any atom is -0.351 e. The summed E-state index contributed by atoms with van der Waals surface area (Å²) in [6, 6.07) is 3.45. The first-order valence-electron chi connectivity index (χ1n) is 8.10. The number of carbonyl (C=O) groups excluding carboxylic acids is 1. The lowest BCUT2D eigenvalue weighted by atomic mass is 9.93. The lowest BCUT2D eigenvalue weighted by Crippen LogP contribution is -2.52. The van der Waals surface area contributed by atoms with Crippen LogP contribution in [0.1, 0.15) is 34.6 Å². The molecule has 1 N–H and O–H groups in total. The van der Waals surface area contributed by atoms with Gasteiger partial charge in [0.1, 0.15) is 6.04 Å². The summed E-state index contributed by atoms with van der Waals surface area (Å²) in [7, 11) is -3.72. The zero-order valence-electron chi connectivity index (χ0n) is 15.4. The normalized spacial score (nSPS) is 13.4. The predicted molar refractivity (Wildman–Crippen MR) is 105 cm³/mol. The van der Waals surface area contributed by atoms with Crippen molar-refractivity contribution >= 4 is 44.8 Å². The van der Waals surface area contributed by atoms with Gasteiger partial charge < -0.3 is 5.32 Å². The predicted octanol–water partition coefficient (Wildman–Crippen LogP) is 3.94. The number of anilines is 1. The monoisotopic (exact) mass is 408 g/mol. The van der Waals surface area contributed by atoms with E-state index in [2.05, 4.69) is 5.32 Å². The Morgan fingerprint density at radius 1 is 1.00 bits per heavy atom. The van der Waals surface area contributed by atoms with Crippen LogP contribution in [0.2, 0.25) is 10.0 Å². The molecule has 0 heterocycles. The summed E-state index contributed by atoms with van der Waals surface area (Å²) in [5.74, 6) is 0.0841. The van der Waals surface area contributed by atoms with Crippen LogP contribution in [0.3, 0.4) is 0 Å². The molecule has 0 aliphatic carbocycles. The molecule has 1 amide bonds. The molecule has 0 spiro atoms. The molecular weight excluding hydrogens is 383 g/mol. The number of hydrogen-bond donors (Lipinski definition) is 1. The minimum atomic E-state index is -3.72. The molecule has 1 atom stereocenters. The zero-order chi connectivity index (χ0) is 19.5. The molecule has 0 bridgehead atoms. The highest BCUT2D eigenvalue weighted by molar-refractivity contribution is 7.92. The van der Waals surface area contributed by atoms with Crippen molar-refractivity contribution in [2.24, 2.45) is 11.8 Å². The van der Waals surface area contributed by atoms with E-state index in [1.807, 2.05) is 27.7 Å². The van der Waals surface area contributed by atoms with Crippen LogP contribution in [0, 0.1) is 11.8 Å². The zero-order valence-corrected chi connectivity index (χ0v) is 17.7. The van der Waals surface area contributed by atoms with Gasteiger partial charge in [0.15, 0.2) is 0 Å². The summed E-state index contributed by atoms with van der Waals surface area (Å²) in [6.45, 7) is 9.60. The Hall–Kier alpha value is -0.980. The number of amides is 1. The van der Waals surface area contributed by atoms with Gasteiger partial charge in [-0.05, 0) is 37.0 Å². The van der Waals surface area contributed by atoms with Crippen LogP contribution < -0.4 is 9.62 Å². The van der Waals surface area contributed by atoms with Crippen molar-refractivity contribution in [1.29, 1.82) is 0 Å². The van der Waals surface area contributed by atoms with Crippen LogP contribution in [0.25, 0.3) is 0 Å². The van der Waals surface area contributed by atoms with E-state index in [-0.39, 0.29) is 29.5 Å².